The highest BCUT2D eigenvalue weighted by atomic mass is 15.1. The van der Waals surface area contributed by atoms with Crippen LogP contribution < -0.4 is 5.73 Å². The summed E-state index contributed by atoms with van der Waals surface area (Å²) in [6.45, 7) is 4.99. The van der Waals surface area contributed by atoms with E-state index in [0.717, 1.165) is 29.8 Å². The van der Waals surface area contributed by atoms with E-state index in [1.54, 1.807) is 0 Å². The Bertz CT molecular complexity index is 475. The first kappa shape index (κ1) is 11.1. The van der Waals surface area contributed by atoms with Gasteiger partial charge < -0.3 is 10.3 Å². The van der Waals surface area contributed by atoms with Gasteiger partial charge in [0.2, 0.25) is 0 Å². The SMILES string of the molecule is CCC(C)n1c(CCN)nc2cccnc21. The van der Waals surface area contributed by atoms with Gasteiger partial charge in [0.15, 0.2) is 5.65 Å². The second-order valence-electron chi connectivity index (χ2n) is 4.04. The zero-order chi connectivity index (χ0) is 11.5. The summed E-state index contributed by atoms with van der Waals surface area (Å²) in [4.78, 5) is 9.00. The van der Waals surface area contributed by atoms with Crippen molar-refractivity contribution in [3.63, 3.8) is 0 Å². The predicted molar refractivity (Wildman–Crippen MR) is 65.3 cm³/mol. The molecule has 16 heavy (non-hydrogen) atoms. The van der Waals surface area contributed by atoms with Gasteiger partial charge >= 0.3 is 0 Å². The van der Waals surface area contributed by atoms with Crippen molar-refractivity contribution in [2.45, 2.75) is 32.7 Å². The average Bonchev–Trinajstić information content (AvgIpc) is 2.66. The van der Waals surface area contributed by atoms with Gasteiger partial charge in [-0.05, 0) is 32.0 Å². The fourth-order valence-electron chi connectivity index (χ4n) is 1.93. The molecule has 0 fully saturated rings. The van der Waals surface area contributed by atoms with Gasteiger partial charge in [-0.3, -0.25) is 0 Å². The minimum Gasteiger partial charge on any atom is -0.330 e. The first-order valence-corrected chi connectivity index (χ1v) is 5.79. The lowest BCUT2D eigenvalue weighted by Crippen LogP contribution is -2.13. The molecule has 0 bridgehead atoms. The third kappa shape index (κ3) is 1.80. The molecule has 0 saturated heterocycles. The maximum absolute atomic E-state index is 5.62. The lowest BCUT2D eigenvalue weighted by atomic mass is 10.2. The Kier molecular flexibility index (Phi) is 3.19. The molecule has 0 radical (unpaired) electrons. The number of nitrogens with two attached hydrogens (primary N) is 1. The van der Waals surface area contributed by atoms with Crippen molar-refractivity contribution in [3.05, 3.63) is 24.2 Å². The summed E-state index contributed by atoms with van der Waals surface area (Å²) in [5.74, 6) is 1.05. The minimum atomic E-state index is 0.418. The van der Waals surface area contributed by atoms with E-state index >= 15 is 0 Å². The third-order valence-corrected chi connectivity index (χ3v) is 2.92. The molecule has 0 saturated carbocycles. The third-order valence-electron chi connectivity index (χ3n) is 2.92. The summed E-state index contributed by atoms with van der Waals surface area (Å²) >= 11 is 0. The van der Waals surface area contributed by atoms with E-state index in [9.17, 15) is 0 Å². The van der Waals surface area contributed by atoms with Crippen molar-refractivity contribution in [1.82, 2.24) is 14.5 Å². The molecule has 2 aromatic heterocycles. The summed E-state index contributed by atoms with van der Waals surface area (Å²) in [7, 11) is 0. The second-order valence-corrected chi connectivity index (χ2v) is 4.04. The minimum absolute atomic E-state index is 0.418. The van der Waals surface area contributed by atoms with Crippen LogP contribution in [-0.4, -0.2) is 21.1 Å². The van der Waals surface area contributed by atoms with Crippen molar-refractivity contribution in [2.75, 3.05) is 6.54 Å². The largest absolute Gasteiger partial charge is 0.330 e. The second kappa shape index (κ2) is 4.61. The first-order chi connectivity index (χ1) is 7.77. The van der Waals surface area contributed by atoms with Gasteiger partial charge in [-0.1, -0.05) is 6.92 Å². The molecule has 0 amide bonds. The van der Waals surface area contributed by atoms with Crippen LogP contribution in [0, 0.1) is 0 Å². The first-order valence-electron chi connectivity index (χ1n) is 5.79. The fraction of sp³-hybridized carbons (Fsp3) is 0.500. The Hall–Kier alpha value is -1.42. The highest BCUT2D eigenvalue weighted by molar-refractivity contribution is 5.71. The fourth-order valence-corrected chi connectivity index (χ4v) is 1.93. The Morgan fingerprint density at radius 1 is 1.50 bits per heavy atom. The molecule has 1 atom stereocenters. The van der Waals surface area contributed by atoms with E-state index in [-0.39, 0.29) is 0 Å². The Morgan fingerprint density at radius 2 is 2.31 bits per heavy atom. The standard InChI is InChI=1S/C12H18N4/c1-3-9(2)16-11(6-7-13)15-10-5-4-8-14-12(10)16/h4-5,8-9H,3,6-7,13H2,1-2H3. The summed E-state index contributed by atoms with van der Waals surface area (Å²) < 4.78 is 2.21. The van der Waals surface area contributed by atoms with Gasteiger partial charge in [0.05, 0.1) is 0 Å². The number of imidazole rings is 1. The van der Waals surface area contributed by atoms with Crippen molar-refractivity contribution < 1.29 is 0 Å². The van der Waals surface area contributed by atoms with E-state index in [1.807, 2.05) is 18.3 Å². The van der Waals surface area contributed by atoms with E-state index < -0.39 is 0 Å². The van der Waals surface area contributed by atoms with Crippen LogP contribution in [0.25, 0.3) is 11.2 Å². The lowest BCUT2D eigenvalue weighted by molar-refractivity contribution is 0.519. The zero-order valence-corrected chi connectivity index (χ0v) is 9.85. The number of rotatable bonds is 4. The summed E-state index contributed by atoms with van der Waals surface area (Å²) in [5, 5.41) is 0. The Morgan fingerprint density at radius 3 is 3.00 bits per heavy atom. The molecule has 2 rings (SSSR count). The number of hydrogen-bond donors (Lipinski definition) is 1. The van der Waals surface area contributed by atoms with E-state index in [0.29, 0.717) is 12.6 Å². The topological polar surface area (TPSA) is 56.7 Å². The monoisotopic (exact) mass is 218 g/mol. The van der Waals surface area contributed by atoms with Crippen LogP contribution in [0.5, 0.6) is 0 Å². The molecule has 0 aliphatic heterocycles. The smallest absolute Gasteiger partial charge is 0.160 e. The maximum Gasteiger partial charge on any atom is 0.160 e. The molecule has 0 aliphatic carbocycles. The normalized spacial score (nSPS) is 13.2. The van der Waals surface area contributed by atoms with Crippen molar-refractivity contribution in [3.8, 4) is 0 Å². The number of pyridine rings is 1. The summed E-state index contributed by atoms with van der Waals surface area (Å²) in [5.41, 5.74) is 7.56. The Balaban J connectivity index is 2.59. The predicted octanol–water partition coefficient (Wildman–Crippen LogP) is 1.90. The van der Waals surface area contributed by atoms with Gasteiger partial charge in [-0.15, -0.1) is 0 Å². The zero-order valence-electron chi connectivity index (χ0n) is 9.85. The molecule has 0 spiro atoms. The van der Waals surface area contributed by atoms with Gasteiger partial charge in [0.25, 0.3) is 0 Å². The lowest BCUT2D eigenvalue weighted by Gasteiger charge is -2.14. The van der Waals surface area contributed by atoms with Crippen LogP contribution in [-0.2, 0) is 6.42 Å². The van der Waals surface area contributed by atoms with Gasteiger partial charge in [0, 0.05) is 18.7 Å². The van der Waals surface area contributed by atoms with E-state index in [2.05, 4.69) is 28.4 Å². The van der Waals surface area contributed by atoms with Crippen LogP contribution in [0.3, 0.4) is 0 Å². The highest BCUT2D eigenvalue weighted by Crippen LogP contribution is 2.21. The summed E-state index contributed by atoms with van der Waals surface area (Å²) in [6.07, 6.45) is 3.69. The molecule has 4 nitrogen and oxygen atoms in total. The molecular formula is C12H18N4. The molecule has 2 aromatic rings. The van der Waals surface area contributed by atoms with Gasteiger partial charge in [0.1, 0.15) is 11.3 Å². The van der Waals surface area contributed by atoms with Crippen LogP contribution in [0.1, 0.15) is 32.1 Å². The Labute approximate surface area is 95.5 Å². The van der Waals surface area contributed by atoms with Crippen molar-refractivity contribution in [2.24, 2.45) is 5.73 Å². The molecule has 1 unspecified atom stereocenters. The van der Waals surface area contributed by atoms with Gasteiger partial charge in [-0.2, -0.15) is 0 Å². The molecule has 0 aromatic carbocycles. The van der Waals surface area contributed by atoms with Crippen molar-refractivity contribution >= 4 is 11.2 Å². The molecule has 2 heterocycles. The van der Waals surface area contributed by atoms with Crippen LogP contribution in [0.2, 0.25) is 0 Å². The number of nitrogens with zero attached hydrogens (tertiary/aromatic N) is 3. The van der Waals surface area contributed by atoms with E-state index in [1.165, 1.54) is 0 Å². The molecule has 2 N–H and O–H groups in total. The average molecular weight is 218 g/mol. The highest BCUT2D eigenvalue weighted by Gasteiger charge is 2.14. The van der Waals surface area contributed by atoms with Gasteiger partial charge in [-0.25, -0.2) is 9.97 Å². The maximum atomic E-state index is 5.62. The van der Waals surface area contributed by atoms with Crippen LogP contribution >= 0.6 is 0 Å². The molecule has 4 heteroatoms. The molecule has 0 aliphatic rings. The molecular weight excluding hydrogens is 200 g/mol. The summed E-state index contributed by atoms with van der Waals surface area (Å²) in [6, 6.07) is 4.34. The number of fused-ring (bicyclic) bond motifs is 1. The quantitative estimate of drug-likeness (QED) is 0.852. The van der Waals surface area contributed by atoms with Crippen molar-refractivity contribution in [1.29, 1.82) is 0 Å². The van der Waals surface area contributed by atoms with Crippen LogP contribution in [0.15, 0.2) is 18.3 Å². The number of hydrogen-bond acceptors (Lipinski definition) is 3. The number of aromatic nitrogens is 3. The van der Waals surface area contributed by atoms with E-state index in [4.69, 9.17) is 5.73 Å². The molecule has 86 valence electrons. The van der Waals surface area contributed by atoms with Crippen LogP contribution in [0.4, 0.5) is 0 Å².